The fourth-order valence-corrected chi connectivity index (χ4v) is 7.53. The lowest BCUT2D eigenvalue weighted by atomic mass is 9.46. The summed E-state index contributed by atoms with van der Waals surface area (Å²) in [5.41, 5.74) is -2.13. The third kappa shape index (κ3) is 4.02. The summed E-state index contributed by atoms with van der Waals surface area (Å²) in [6, 6.07) is 0. The Bertz CT molecular complexity index is 1040. The van der Waals surface area contributed by atoms with Crippen molar-refractivity contribution in [2.45, 2.75) is 78.2 Å². The summed E-state index contributed by atoms with van der Waals surface area (Å²) in [5, 5.41) is 0. The standard InChI is InChI=1S/C28H36O8/c1-5-7-23(32)35-16-22(31)28(36-25(33)34-6-2)13-11-20-19-9-8-17-14-18(29)10-12-26(17,3)24(19)21(30)15-27(20,28)4/h10,12,14,19-20,24H,5-9,11,13,15-16H2,1-4H3/t19-,20-,24+,26-,27-,28-/m0/s1. The predicted molar refractivity (Wildman–Crippen MR) is 129 cm³/mol. The molecule has 0 spiro atoms. The first-order valence-electron chi connectivity index (χ1n) is 13.0. The fraction of sp³-hybridized carbons (Fsp3) is 0.679. The second-order valence-electron chi connectivity index (χ2n) is 11.0. The molecule has 36 heavy (non-hydrogen) atoms. The third-order valence-corrected chi connectivity index (χ3v) is 9.17. The summed E-state index contributed by atoms with van der Waals surface area (Å²) in [7, 11) is 0. The summed E-state index contributed by atoms with van der Waals surface area (Å²) in [6.07, 6.45) is 7.19. The van der Waals surface area contributed by atoms with E-state index in [0.29, 0.717) is 25.7 Å². The summed E-state index contributed by atoms with van der Waals surface area (Å²) in [4.78, 5) is 64.1. The van der Waals surface area contributed by atoms with Crippen LogP contribution in [0, 0.1) is 28.6 Å². The van der Waals surface area contributed by atoms with E-state index in [1.165, 1.54) is 0 Å². The molecule has 196 valence electrons. The average molecular weight is 501 g/mol. The van der Waals surface area contributed by atoms with Gasteiger partial charge in [0.05, 0.1) is 6.61 Å². The Labute approximate surface area is 211 Å². The zero-order chi connectivity index (χ0) is 26.3. The first-order chi connectivity index (χ1) is 17.0. The minimum atomic E-state index is -1.62. The summed E-state index contributed by atoms with van der Waals surface area (Å²) in [5.74, 6) is -1.46. The maximum Gasteiger partial charge on any atom is 0.509 e. The van der Waals surface area contributed by atoms with Gasteiger partial charge in [-0.2, -0.15) is 0 Å². The number of hydrogen-bond acceptors (Lipinski definition) is 8. The molecular weight excluding hydrogens is 464 g/mol. The Morgan fingerprint density at radius 1 is 1.08 bits per heavy atom. The maximum atomic E-state index is 13.9. The van der Waals surface area contributed by atoms with Gasteiger partial charge in [-0.3, -0.25) is 19.2 Å². The zero-order valence-electron chi connectivity index (χ0n) is 21.6. The molecule has 8 heteroatoms. The minimum Gasteiger partial charge on any atom is -0.457 e. The molecule has 4 aliphatic rings. The van der Waals surface area contributed by atoms with Crippen molar-refractivity contribution in [2.24, 2.45) is 28.6 Å². The Balaban J connectivity index is 1.69. The highest BCUT2D eigenvalue weighted by Gasteiger charge is 2.70. The van der Waals surface area contributed by atoms with Gasteiger partial charge in [0, 0.05) is 29.6 Å². The van der Waals surface area contributed by atoms with Crippen LogP contribution in [-0.2, 0) is 33.4 Å². The van der Waals surface area contributed by atoms with Crippen molar-refractivity contribution in [1.29, 1.82) is 0 Å². The lowest BCUT2D eigenvalue weighted by Crippen LogP contribution is -2.62. The Kier molecular flexibility index (Phi) is 7.01. The van der Waals surface area contributed by atoms with Crippen molar-refractivity contribution in [3.05, 3.63) is 23.8 Å². The van der Waals surface area contributed by atoms with Crippen LogP contribution < -0.4 is 0 Å². The van der Waals surface area contributed by atoms with Gasteiger partial charge in [0.15, 0.2) is 18.0 Å². The number of carbonyl (C=O) groups excluding carboxylic acids is 5. The molecule has 0 unspecified atom stereocenters. The van der Waals surface area contributed by atoms with Gasteiger partial charge in [0.25, 0.3) is 0 Å². The quantitative estimate of drug-likeness (QED) is 0.476. The molecule has 0 bridgehead atoms. The topological polar surface area (TPSA) is 113 Å². The third-order valence-electron chi connectivity index (χ3n) is 9.17. The van der Waals surface area contributed by atoms with Crippen molar-refractivity contribution in [2.75, 3.05) is 13.2 Å². The number of carbonyl (C=O) groups is 5. The molecule has 0 N–H and O–H groups in total. The summed E-state index contributed by atoms with van der Waals surface area (Å²) in [6.45, 7) is 6.93. The van der Waals surface area contributed by atoms with E-state index in [4.69, 9.17) is 14.2 Å². The molecule has 4 rings (SSSR count). The monoisotopic (exact) mass is 500 g/mol. The number of esters is 1. The first-order valence-corrected chi connectivity index (χ1v) is 13.0. The lowest BCUT2D eigenvalue weighted by molar-refractivity contribution is -0.176. The van der Waals surface area contributed by atoms with Crippen molar-refractivity contribution < 1.29 is 38.2 Å². The van der Waals surface area contributed by atoms with E-state index in [2.05, 4.69) is 0 Å². The van der Waals surface area contributed by atoms with Gasteiger partial charge in [-0.05, 0) is 63.0 Å². The fourth-order valence-electron chi connectivity index (χ4n) is 7.53. The van der Waals surface area contributed by atoms with Crippen molar-refractivity contribution in [3.8, 4) is 0 Å². The number of ketones is 3. The van der Waals surface area contributed by atoms with Crippen LogP contribution in [0.15, 0.2) is 23.8 Å². The summed E-state index contributed by atoms with van der Waals surface area (Å²) < 4.78 is 16.1. The van der Waals surface area contributed by atoms with E-state index in [1.807, 2.05) is 26.8 Å². The van der Waals surface area contributed by atoms with Gasteiger partial charge in [-0.1, -0.05) is 32.4 Å². The number of allylic oxidation sites excluding steroid dienone is 4. The van der Waals surface area contributed by atoms with E-state index in [1.54, 1.807) is 19.1 Å². The van der Waals surface area contributed by atoms with Crippen LogP contribution in [0.4, 0.5) is 4.79 Å². The van der Waals surface area contributed by atoms with Crippen LogP contribution in [0.2, 0.25) is 0 Å². The second kappa shape index (κ2) is 9.60. The molecule has 0 aromatic heterocycles. The largest absolute Gasteiger partial charge is 0.509 e. The van der Waals surface area contributed by atoms with E-state index in [9.17, 15) is 24.0 Å². The Morgan fingerprint density at radius 3 is 2.53 bits per heavy atom. The van der Waals surface area contributed by atoms with Gasteiger partial charge in [0.1, 0.15) is 5.78 Å². The zero-order valence-corrected chi connectivity index (χ0v) is 21.6. The normalized spacial score (nSPS) is 36.8. The molecule has 0 amide bonds. The molecule has 0 aliphatic heterocycles. The SMILES string of the molecule is CCCC(=O)OCC(=O)[C@@]1(OC(=O)OCC)CC[C@H]2[C@@H]3CCC4=CC(=O)C=C[C@]4(C)[C@H]3C(=O)C[C@@]21C. The van der Waals surface area contributed by atoms with Gasteiger partial charge in [-0.25, -0.2) is 4.79 Å². The molecule has 3 saturated carbocycles. The van der Waals surface area contributed by atoms with Crippen molar-refractivity contribution in [1.82, 2.24) is 0 Å². The van der Waals surface area contributed by atoms with Crippen molar-refractivity contribution in [3.63, 3.8) is 0 Å². The number of fused-ring (bicyclic) bond motifs is 5. The Hall–Kier alpha value is -2.77. The molecule has 6 atom stereocenters. The molecule has 0 saturated heterocycles. The number of hydrogen-bond donors (Lipinski definition) is 0. The molecule has 3 fully saturated rings. The predicted octanol–water partition coefficient (Wildman–Crippen LogP) is 4.30. The van der Waals surface area contributed by atoms with E-state index in [-0.39, 0.29) is 55.2 Å². The van der Waals surface area contributed by atoms with E-state index in [0.717, 1.165) is 5.57 Å². The van der Waals surface area contributed by atoms with Crippen LogP contribution in [0.3, 0.4) is 0 Å². The summed E-state index contributed by atoms with van der Waals surface area (Å²) >= 11 is 0. The molecule has 0 aromatic carbocycles. The highest BCUT2D eigenvalue weighted by Crippen LogP contribution is 2.67. The van der Waals surface area contributed by atoms with Gasteiger partial charge >= 0.3 is 12.1 Å². The van der Waals surface area contributed by atoms with E-state index >= 15 is 0 Å². The molecule has 0 heterocycles. The molecule has 4 aliphatic carbocycles. The molecule has 0 aromatic rings. The number of rotatable bonds is 7. The highest BCUT2D eigenvalue weighted by molar-refractivity contribution is 6.02. The second-order valence-corrected chi connectivity index (χ2v) is 11.0. The van der Waals surface area contributed by atoms with Crippen LogP contribution >= 0.6 is 0 Å². The maximum absolute atomic E-state index is 13.9. The Morgan fingerprint density at radius 2 is 1.83 bits per heavy atom. The van der Waals surface area contributed by atoms with Crippen LogP contribution in [0.5, 0.6) is 0 Å². The highest BCUT2D eigenvalue weighted by atomic mass is 16.7. The molecule has 0 radical (unpaired) electrons. The van der Waals surface area contributed by atoms with Crippen LogP contribution in [-0.4, -0.2) is 48.3 Å². The number of ether oxygens (including phenoxy) is 3. The first kappa shape index (κ1) is 26.3. The molecular formula is C28H36O8. The van der Waals surface area contributed by atoms with Gasteiger partial charge in [-0.15, -0.1) is 0 Å². The smallest absolute Gasteiger partial charge is 0.457 e. The van der Waals surface area contributed by atoms with E-state index < -0.39 is 40.9 Å². The average Bonchev–Trinajstić information content (AvgIpc) is 3.10. The lowest BCUT2D eigenvalue weighted by Gasteiger charge is -2.57. The van der Waals surface area contributed by atoms with Crippen molar-refractivity contribution >= 4 is 29.5 Å². The van der Waals surface area contributed by atoms with Crippen LogP contribution in [0.25, 0.3) is 0 Å². The van der Waals surface area contributed by atoms with Crippen LogP contribution in [0.1, 0.15) is 72.6 Å². The molecule has 8 nitrogen and oxygen atoms in total. The van der Waals surface area contributed by atoms with Gasteiger partial charge in [0.2, 0.25) is 5.78 Å². The minimum absolute atomic E-state index is 0.000334. The number of Topliss-reactive ketones (excluding diaryl/α,β-unsaturated/α-hetero) is 2. The van der Waals surface area contributed by atoms with Gasteiger partial charge < -0.3 is 14.2 Å².